The van der Waals surface area contributed by atoms with E-state index >= 15 is 0 Å². The maximum absolute atomic E-state index is 12.4. The highest BCUT2D eigenvalue weighted by molar-refractivity contribution is 7.85. The molecule has 1 N–H and O–H groups in total. The Kier molecular flexibility index (Phi) is 16.5. The number of aromatic amines is 1. The molecular formula is C40H52N12O12S. The minimum absolute atomic E-state index is 0.302. The van der Waals surface area contributed by atoms with Crippen molar-refractivity contribution in [2.45, 2.75) is 51.6 Å². The third-order valence-electron chi connectivity index (χ3n) is 11.2. The van der Waals surface area contributed by atoms with Crippen molar-refractivity contribution in [3.05, 3.63) is 100 Å². The first-order valence-corrected chi connectivity index (χ1v) is 22.7. The lowest BCUT2D eigenvalue weighted by atomic mass is 10.0. The molecule has 65 heavy (non-hydrogen) atoms. The maximum atomic E-state index is 12.4. The summed E-state index contributed by atoms with van der Waals surface area (Å²) >= 11 is 0. The van der Waals surface area contributed by atoms with Crippen molar-refractivity contribution in [2.24, 2.45) is 38.9 Å². The second-order valence-electron chi connectivity index (χ2n) is 15.8. The molecule has 9 heterocycles. The fourth-order valence-corrected chi connectivity index (χ4v) is 7.85. The van der Waals surface area contributed by atoms with Crippen LogP contribution in [0.1, 0.15) is 38.5 Å². The summed E-state index contributed by atoms with van der Waals surface area (Å²) in [5.41, 5.74) is -1.12. The molecule has 0 bridgehead atoms. The maximum Gasteiger partial charge on any atom is 0.332 e. The SMILES string of the molecule is CS(=O)(=O)OCC1CCOCC1.Cn1c(=O)[nH]c(=O)c2cncnc21.Cn1c(=O)n(CC2CCOCC2)c(=O)c2cncnc21.Cn1c(=O)n(CC2CCOCC2)c(=O)c2cncnc21. The Morgan fingerprint density at radius 1 is 0.585 bits per heavy atom. The summed E-state index contributed by atoms with van der Waals surface area (Å²) in [6, 6.07) is 0. The van der Waals surface area contributed by atoms with Crippen LogP contribution in [-0.2, 0) is 62.7 Å². The van der Waals surface area contributed by atoms with E-state index in [1.54, 1.807) is 14.1 Å². The first-order valence-electron chi connectivity index (χ1n) is 20.9. The Bertz CT molecular complexity index is 2940. The minimum atomic E-state index is -3.26. The summed E-state index contributed by atoms with van der Waals surface area (Å²) in [6.45, 7) is 5.37. The summed E-state index contributed by atoms with van der Waals surface area (Å²) < 4.78 is 48.3. The van der Waals surface area contributed by atoms with Crippen LogP contribution in [0.25, 0.3) is 33.1 Å². The van der Waals surface area contributed by atoms with Gasteiger partial charge in [-0.25, -0.2) is 44.3 Å². The number of aryl methyl sites for hydroxylation is 3. The van der Waals surface area contributed by atoms with Crippen LogP contribution >= 0.6 is 0 Å². The van der Waals surface area contributed by atoms with Crippen LogP contribution < -0.4 is 33.7 Å². The molecule has 350 valence electrons. The van der Waals surface area contributed by atoms with Crippen molar-refractivity contribution in [2.75, 3.05) is 52.5 Å². The molecule has 0 spiro atoms. The summed E-state index contributed by atoms with van der Waals surface area (Å²) in [4.78, 5) is 97.2. The molecule has 25 heteroatoms. The van der Waals surface area contributed by atoms with Crippen molar-refractivity contribution in [3.8, 4) is 0 Å². The molecule has 0 unspecified atom stereocenters. The van der Waals surface area contributed by atoms with E-state index in [9.17, 15) is 37.2 Å². The van der Waals surface area contributed by atoms with Crippen LogP contribution in [0.2, 0.25) is 0 Å². The molecule has 6 aromatic rings. The zero-order valence-electron chi connectivity index (χ0n) is 36.5. The van der Waals surface area contributed by atoms with Crippen molar-refractivity contribution in [3.63, 3.8) is 0 Å². The van der Waals surface area contributed by atoms with Gasteiger partial charge in [0.15, 0.2) is 16.9 Å². The highest BCUT2D eigenvalue weighted by Crippen LogP contribution is 2.18. The lowest BCUT2D eigenvalue weighted by molar-refractivity contribution is 0.0508. The van der Waals surface area contributed by atoms with E-state index in [-0.39, 0.29) is 22.5 Å². The summed E-state index contributed by atoms with van der Waals surface area (Å²) in [6.07, 6.45) is 14.6. The molecule has 3 saturated heterocycles. The van der Waals surface area contributed by atoms with Gasteiger partial charge in [0.2, 0.25) is 0 Å². The van der Waals surface area contributed by atoms with Crippen molar-refractivity contribution in [1.29, 1.82) is 0 Å². The highest BCUT2D eigenvalue weighted by Gasteiger charge is 2.21. The van der Waals surface area contributed by atoms with Gasteiger partial charge in [0.05, 0.1) is 12.9 Å². The van der Waals surface area contributed by atoms with Crippen molar-refractivity contribution in [1.82, 2.24) is 57.7 Å². The second kappa shape index (κ2) is 22.2. The van der Waals surface area contributed by atoms with Crippen LogP contribution in [0.15, 0.2) is 66.3 Å². The Morgan fingerprint density at radius 2 is 0.954 bits per heavy atom. The number of nitrogens with one attached hydrogen (secondary N) is 1. The summed E-state index contributed by atoms with van der Waals surface area (Å²) in [5.74, 6) is 0.945. The summed E-state index contributed by atoms with van der Waals surface area (Å²) in [7, 11) is 1.52. The molecule has 0 radical (unpaired) electrons. The molecule has 3 aliphatic rings. The second-order valence-corrected chi connectivity index (χ2v) is 17.4. The van der Waals surface area contributed by atoms with Gasteiger partial charge >= 0.3 is 17.1 Å². The van der Waals surface area contributed by atoms with E-state index < -0.39 is 21.4 Å². The van der Waals surface area contributed by atoms with E-state index in [0.29, 0.717) is 97.0 Å². The van der Waals surface area contributed by atoms with Crippen molar-refractivity contribution >= 4 is 43.2 Å². The average molecular weight is 925 g/mol. The number of aromatic nitrogens is 12. The Morgan fingerprint density at radius 3 is 1.35 bits per heavy atom. The van der Waals surface area contributed by atoms with E-state index in [0.717, 1.165) is 58.0 Å². The van der Waals surface area contributed by atoms with E-state index in [1.807, 2.05) is 0 Å². The first kappa shape index (κ1) is 48.3. The zero-order valence-corrected chi connectivity index (χ0v) is 37.3. The van der Waals surface area contributed by atoms with Gasteiger partial charge in [-0.1, -0.05) is 0 Å². The molecular weight excluding hydrogens is 873 g/mol. The van der Waals surface area contributed by atoms with Gasteiger partial charge in [-0.3, -0.25) is 46.4 Å². The molecule has 0 aromatic carbocycles. The number of fused-ring (bicyclic) bond motifs is 3. The lowest BCUT2D eigenvalue weighted by Crippen LogP contribution is -2.41. The van der Waals surface area contributed by atoms with Crippen LogP contribution in [0.3, 0.4) is 0 Å². The lowest BCUT2D eigenvalue weighted by Gasteiger charge is -2.22. The molecule has 0 atom stereocenters. The van der Waals surface area contributed by atoms with Gasteiger partial charge < -0.3 is 14.2 Å². The number of rotatable bonds is 7. The fourth-order valence-electron chi connectivity index (χ4n) is 7.41. The molecule has 3 fully saturated rings. The van der Waals surface area contributed by atoms with E-state index in [4.69, 9.17) is 14.2 Å². The first-order chi connectivity index (χ1) is 31.1. The standard InChI is InChI=1S/2C13H16N4O3.C7H6N4O2.C7H14O4S/c2*1-16-11-10(6-14-8-15-11)12(18)17(13(16)19)7-9-2-4-20-5-3-9;1-11-5-4(2-8-3-9-5)6(12)10-7(11)13;1-12(8,9)11-6-7-2-4-10-5-3-7/h2*6,8-9H,2-5,7H2,1H3;2-3H,1H3,(H,10,12,13);7H,2-6H2,1H3. The van der Waals surface area contributed by atoms with Crippen molar-refractivity contribution < 1.29 is 26.8 Å². The minimum Gasteiger partial charge on any atom is -0.381 e. The Labute approximate surface area is 370 Å². The molecule has 0 aliphatic carbocycles. The number of hydrogen-bond acceptors (Lipinski definition) is 18. The summed E-state index contributed by atoms with van der Waals surface area (Å²) in [5, 5.41) is 1.06. The monoisotopic (exact) mass is 924 g/mol. The van der Waals surface area contributed by atoms with Gasteiger partial charge in [-0.2, -0.15) is 8.42 Å². The van der Waals surface area contributed by atoms with Gasteiger partial charge in [0.1, 0.15) is 35.1 Å². The highest BCUT2D eigenvalue weighted by atomic mass is 32.2. The van der Waals surface area contributed by atoms with E-state index in [2.05, 4.69) is 39.1 Å². The quantitative estimate of drug-likeness (QED) is 0.193. The third kappa shape index (κ3) is 12.4. The molecule has 0 saturated carbocycles. The van der Waals surface area contributed by atoms with Gasteiger partial charge in [-0.05, 0) is 56.3 Å². The fraction of sp³-hybridized carbons (Fsp3) is 0.550. The topological polar surface area (TPSA) is 291 Å². The predicted octanol–water partition coefficient (Wildman–Crippen LogP) is -0.760. The number of nitrogens with zero attached hydrogens (tertiary/aromatic N) is 11. The van der Waals surface area contributed by atoms with Gasteiger partial charge in [0.25, 0.3) is 26.8 Å². The molecule has 6 aromatic heterocycles. The number of hydrogen-bond donors (Lipinski definition) is 1. The molecule has 9 rings (SSSR count). The molecule has 24 nitrogen and oxygen atoms in total. The van der Waals surface area contributed by atoms with Crippen LogP contribution in [-0.4, -0.2) is 119 Å². The largest absolute Gasteiger partial charge is 0.381 e. The van der Waals surface area contributed by atoms with Crippen LogP contribution in [0.4, 0.5) is 0 Å². The molecule has 0 amide bonds. The Hall–Kier alpha value is -6.15. The van der Waals surface area contributed by atoms with E-state index in [1.165, 1.54) is 67.5 Å². The molecule has 3 aliphatic heterocycles. The van der Waals surface area contributed by atoms with Crippen LogP contribution in [0, 0.1) is 17.8 Å². The number of H-pyrrole nitrogens is 1. The average Bonchev–Trinajstić information content (AvgIpc) is 3.33. The van der Waals surface area contributed by atoms with Gasteiger partial charge in [-0.15, -0.1) is 0 Å². The van der Waals surface area contributed by atoms with Crippen LogP contribution in [0.5, 0.6) is 0 Å². The normalized spacial score (nSPS) is 16.2. The van der Waals surface area contributed by atoms with Gasteiger partial charge in [0, 0.05) is 92.5 Å². The number of ether oxygens (including phenoxy) is 3. The Balaban J connectivity index is 0.000000147. The third-order valence-corrected chi connectivity index (χ3v) is 11.8. The predicted molar refractivity (Wildman–Crippen MR) is 235 cm³/mol. The zero-order chi connectivity index (χ0) is 46.7. The smallest absolute Gasteiger partial charge is 0.332 e.